The van der Waals surface area contributed by atoms with Crippen molar-refractivity contribution in [2.75, 3.05) is 6.54 Å². The lowest BCUT2D eigenvalue weighted by molar-refractivity contribution is 0.756. The SMILES string of the molecule is CC/C=C(\N)NCCC. The number of hydrogen-bond acceptors (Lipinski definition) is 2. The van der Waals surface area contributed by atoms with Gasteiger partial charge in [-0.25, -0.2) is 0 Å². The number of nitrogens with two attached hydrogens (primary N) is 1. The lowest BCUT2D eigenvalue weighted by Crippen LogP contribution is -2.20. The molecule has 9 heavy (non-hydrogen) atoms. The van der Waals surface area contributed by atoms with E-state index in [1.165, 1.54) is 0 Å². The van der Waals surface area contributed by atoms with E-state index in [1.807, 2.05) is 6.08 Å². The van der Waals surface area contributed by atoms with E-state index in [1.54, 1.807) is 0 Å². The van der Waals surface area contributed by atoms with Gasteiger partial charge in [0.2, 0.25) is 0 Å². The first-order valence-electron chi connectivity index (χ1n) is 3.50. The van der Waals surface area contributed by atoms with Crippen LogP contribution in [0.3, 0.4) is 0 Å². The molecule has 0 rings (SSSR count). The lowest BCUT2D eigenvalue weighted by Gasteiger charge is -2.02. The molecule has 0 aromatic rings. The summed E-state index contributed by atoms with van der Waals surface area (Å²) in [5.74, 6) is 0.805. The topological polar surface area (TPSA) is 38.0 Å². The highest BCUT2D eigenvalue weighted by Gasteiger charge is 1.82. The zero-order valence-corrected chi connectivity index (χ0v) is 6.28. The Morgan fingerprint density at radius 2 is 2.22 bits per heavy atom. The largest absolute Gasteiger partial charge is 0.386 e. The monoisotopic (exact) mass is 128 g/mol. The van der Waals surface area contributed by atoms with Crippen molar-refractivity contribution >= 4 is 0 Å². The maximum atomic E-state index is 5.52. The Morgan fingerprint density at radius 1 is 1.56 bits per heavy atom. The molecule has 0 heterocycles. The molecule has 0 amide bonds. The fraction of sp³-hybridized carbons (Fsp3) is 0.714. The minimum Gasteiger partial charge on any atom is -0.386 e. The minimum atomic E-state index is 0.805. The highest BCUT2D eigenvalue weighted by Crippen LogP contribution is 1.82. The first-order chi connectivity index (χ1) is 4.31. The van der Waals surface area contributed by atoms with E-state index in [4.69, 9.17) is 5.73 Å². The van der Waals surface area contributed by atoms with Crippen molar-refractivity contribution in [3.05, 3.63) is 11.9 Å². The van der Waals surface area contributed by atoms with Gasteiger partial charge in [-0.3, -0.25) is 0 Å². The second kappa shape index (κ2) is 5.48. The van der Waals surface area contributed by atoms with E-state index in [0.29, 0.717) is 0 Å². The highest BCUT2D eigenvalue weighted by atomic mass is 15.0. The smallest absolute Gasteiger partial charge is 0.0918 e. The van der Waals surface area contributed by atoms with Crippen LogP contribution in [0.15, 0.2) is 11.9 Å². The van der Waals surface area contributed by atoms with Gasteiger partial charge in [0.25, 0.3) is 0 Å². The van der Waals surface area contributed by atoms with Gasteiger partial charge < -0.3 is 11.1 Å². The first kappa shape index (κ1) is 8.34. The molecular weight excluding hydrogens is 112 g/mol. The third-order valence-corrected chi connectivity index (χ3v) is 1.00. The average Bonchev–Trinajstić information content (AvgIpc) is 1.85. The molecule has 2 nitrogen and oxygen atoms in total. The molecule has 54 valence electrons. The normalized spacial score (nSPS) is 11.6. The van der Waals surface area contributed by atoms with E-state index in [2.05, 4.69) is 19.2 Å². The molecule has 0 unspecified atom stereocenters. The summed E-state index contributed by atoms with van der Waals surface area (Å²) in [6, 6.07) is 0. The quantitative estimate of drug-likeness (QED) is 0.597. The van der Waals surface area contributed by atoms with Gasteiger partial charge >= 0.3 is 0 Å². The van der Waals surface area contributed by atoms with Crippen LogP contribution in [0.2, 0.25) is 0 Å². The molecule has 0 aliphatic heterocycles. The van der Waals surface area contributed by atoms with Gasteiger partial charge in [-0.15, -0.1) is 0 Å². The Balaban J connectivity index is 3.25. The van der Waals surface area contributed by atoms with Crippen LogP contribution >= 0.6 is 0 Å². The molecule has 3 N–H and O–H groups in total. The van der Waals surface area contributed by atoms with E-state index >= 15 is 0 Å². The van der Waals surface area contributed by atoms with Gasteiger partial charge in [0.15, 0.2) is 0 Å². The Hall–Kier alpha value is -0.660. The minimum absolute atomic E-state index is 0.805. The fourth-order valence-electron chi connectivity index (χ4n) is 0.561. The standard InChI is InChI=1S/C7H16N2/c1-3-5-7(8)9-6-4-2/h5,9H,3-4,6,8H2,1-2H3/b7-5+. The van der Waals surface area contributed by atoms with E-state index < -0.39 is 0 Å². The molecule has 0 aromatic carbocycles. The second-order valence-electron chi connectivity index (χ2n) is 1.99. The summed E-state index contributed by atoms with van der Waals surface area (Å²) in [7, 11) is 0. The summed E-state index contributed by atoms with van der Waals surface area (Å²) in [5, 5.41) is 3.07. The summed E-state index contributed by atoms with van der Waals surface area (Å²) in [6.07, 6.45) is 4.11. The van der Waals surface area contributed by atoms with Gasteiger partial charge in [-0.05, 0) is 18.9 Å². The van der Waals surface area contributed by atoms with E-state index in [9.17, 15) is 0 Å². The van der Waals surface area contributed by atoms with Crippen molar-refractivity contribution < 1.29 is 0 Å². The van der Waals surface area contributed by atoms with Gasteiger partial charge in [0.1, 0.15) is 0 Å². The molecule has 0 spiro atoms. The fourth-order valence-corrected chi connectivity index (χ4v) is 0.561. The molecule has 0 aliphatic carbocycles. The molecule has 0 saturated heterocycles. The molecule has 2 heteroatoms. The lowest BCUT2D eigenvalue weighted by atomic mass is 10.4. The summed E-state index contributed by atoms with van der Waals surface area (Å²) < 4.78 is 0. The molecular formula is C7H16N2. The Kier molecular flexibility index (Phi) is 5.07. The molecule has 0 radical (unpaired) electrons. The van der Waals surface area contributed by atoms with E-state index in [-0.39, 0.29) is 0 Å². The number of rotatable bonds is 4. The Bertz CT molecular complexity index is 86.9. The van der Waals surface area contributed by atoms with Crippen molar-refractivity contribution in [1.82, 2.24) is 5.32 Å². The Morgan fingerprint density at radius 3 is 2.67 bits per heavy atom. The Labute approximate surface area is 57.1 Å². The summed E-state index contributed by atoms with van der Waals surface area (Å²) >= 11 is 0. The maximum Gasteiger partial charge on any atom is 0.0918 e. The van der Waals surface area contributed by atoms with E-state index in [0.717, 1.165) is 25.2 Å². The van der Waals surface area contributed by atoms with Gasteiger partial charge in [0.05, 0.1) is 5.82 Å². The number of hydrogen-bond donors (Lipinski definition) is 2. The molecule has 0 atom stereocenters. The third kappa shape index (κ3) is 5.21. The predicted molar refractivity (Wildman–Crippen MR) is 40.9 cm³/mol. The van der Waals surface area contributed by atoms with Crippen LogP contribution in [0, 0.1) is 0 Å². The first-order valence-corrected chi connectivity index (χ1v) is 3.50. The predicted octanol–water partition coefficient (Wildman–Crippen LogP) is 1.20. The van der Waals surface area contributed by atoms with Crippen LogP contribution in [-0.4, -0.2) is 6.54 Å². The molecule has 0 aliphatic rings. The summed E-state index contributed by atoms with van der Waals surface area (Å²) in [6.45, 7) is 5.16. The number of nitrogens with one attached hydrogen (secondary N) is 1. The van der Waals surface area contributed by atoms with Gasteiger partial charge in [0, 0.05) is 6.54 Å². The summed E-state index contributed by atoms with van der Waals surface area (Å²) in [4.78, 5) is 0. The second-order valence-corrected chi connectivity index (χ2v) is 1.99. The van der Waals surface area contributed by atoms with Crippen LogP contribution in [0.1, 0.15) is 26.7 Å². The van der Waals surface area contributed by atoms with Crippen molar-refractivity contribution in [2.45, 2.75) is 26.7 Å². The van der Waals surface area contributed by atoms with Crippen LogP contribution in [0.25, 0.3) is 0 Å². The summed E-state index contributed by atoms with van der Waals surface area (Å²) in [5.41, 5.74) is 5.52. The zero-order valence-electron chi connectivity index (χ0n) is 6.28. The van der Waals surface area contributed by atoms with Crippen LogP contribution in [0.4, 0.5) is 0 Å². The van der Waals surface area contributed by atoms with Crippen molar-refractivity contribution in [2.24, 2.45) is 5.73 Å². The third-order valence-electron chi connectivity index (χ3n) is 1.00. The number of allylic oxidation sites excluding steroid dienone is 1. The van der Waals surface area contributed by atoms with Gasteiger partial charge in [-0.2, -0.15) is 0 Å². The molecule has 0 saturated carbocycles. The zero-order chi connectivity index (χ0) is 7.11. The van der Waals surface area contributed by atoms with Crippen molar-refractivity contribution in [1.29, 1.82) is 0 Å². The maximum absolute atomic E-state index is 5.52. The molecule has 0 fully saturated rings. The molecule has 0 bridgehead atoms. The average molecular weight is 128 g/mol. The van der Waals surface area contributed by atoms with Crippen molar-refractivity contribution in [3.8, 4) is 0 Å². The van der Waals surface area contributed by atoms with Crippen LogP contribution < -0.4 is 11.1 Å². The van der Waals surface area contributed by atoms with Gasteiger partial charge in [-0.1, -0.05) is 13.8 Å². The highest BCUT2D eigenvalue weighted by molar-refractivity contribution is 4.92. The van der Waals surface area contributed by atoms with Crippen LogP contribution in [-0.2, 0) is 0 Å². The van der Waals surface area contributed by atoms with Crippen molar-refractivity contribution in [3.63, 3.8) is 0 Å². The molecule has 0 aromatic heterocycles. The van der Waals surface area contributed by atoms with Crippen LogP contribution in [0.5, 0.6) is 0 Å².